The van der Waals surface area contributed by atoms with Gasteiger partial charge in [0, 0.05) is 12.1 Å². The first kappa shape index (κ1) is 23.0. The lowest BCUT2D eigenvalue weighted by Crippen LogP contribution is -2.20. The molecule has 0 amide bonds. The van der Waals surface area contributed by atoms with Gasteiger partial charge in [-0.2, -0.15) is 0 Å². The maximum Gasteiger partial charge on any atom is 0.205 e. The van der Waals surface area contributed by atoms with Crippen LogP contribution in [0.25, 0.3) is 17.0 Å². The van der Waals surface area contributed by atoms with Gasteiger partial charge >= 0.3 is 0 Å². The topological polar surface area (TPSA) is 90.6 Å². The van der Waals surface area contributed by atoms with Gasteiger partial charge in [-0.05, 0) is 38.4 Å². The molecular weight excluding hydrogens is 414 g/mol. The highest BCUT2D eigenvalue weighted by molar-refractivity contribution is 6.15. The van der Waals surface area contributed by atoms with Crippen molar-refractivity contribution in [2.24, 2.45) is 0 Å². The van der Waals surface area contributed by atoms with Crippen LogP contribution in [0, 0.1) is 0 Å². The molecule has 0 aliphatic heterocycles. The fraction of sp³-hybridized carbons (Fsp3) is 0.292. The summed E-state index contributed by atoms with van der Waals surface area (Å²) in [7, 11) is 8.27. The second-order valence-corrected chi connectivity index (χ2v) is 7.18. The van der Waals surface area contributed by atoms with E-state index in [4.69, 9.17) is 23.4 Å². The molecule has 0 radical (unpaired) electrons. The molecule has 2 aromatic carbocycles. The van der Waals surface area contributed by atoms with Crippen molar-refractivity contribution >= 4 is 22.8 Å². The second-order valence-electron chi connectivity index (χ2n) is 7.18. The maximum atomic E-state index is 13.4. The van der Waals surface area contributed by atoms with Crippen LogP contribution in [0.15, 0.2) is 41.0 Å². The SMILES string of the molecule is COc1cccc(/C=C/C(=O)c2c(OCCN(C)C)c(OC)c3occc3c2OC)c1O. The van der Waals surface area contributed by atoms with E-state index in [1.54, 1.807) is 24.3 Å². The molecule has 1 heterocycles. The minimum Gasteiger partial charge on any atom is -0.504 e. The Morgan fingerprint density at radius 1 is 1.06 bits per heavy atom. The summed E-state index contributed by atoms with van der Waals surface area (Å²) in [5.74, 6) is 0.732. The van der Waals surface area contributed by atoms with Crippen LogP contribution in [0.4, 0.5) is 0 Å². The quantitative estimate of drug-likeness (QED) is 0.373. The number of fused-ring (bicyclic) bond motifs is 1. The Labute approximate surface area is 186 Å². The molecule has 0 saturated carbocycles. The number of carbonyl (C=O) groups excluding carboxylic acids is 1. The van der Waals surface area contributed by atoms with Gasteiger partial charge in [0.25, 0.3) is 0 Å². The van der Waals surface area contributed by atoms with Gasteiger partial charge in [-0.15, -0.1) is 0 Å². The lowest BCUT2D eigenvalue weighted by molar-refractivity contribution is 0.104. The summed E-state index contributed by atoms with van der Waals surface area (Å²) in [5.41, 5.74) is 1.06. The number of allylic oxidation sites excluding steroid dienone is 1. The normalized spacial score (nSPS) is 11.3. The minimum absolute atomic E-state index is 0.0589. The summed E-state index contributed by atoms with van der Waals surface area (Å²) < 4.78 is 27.8. The van der Waals surface area contributed by atoms with E-state index in [9.17, 15) is 9.90 Å². The van der Waals surface area contributed by atoms with Crippen LogP contribution >= 0.6 is 0 Å². The molecule has 3 rings (SSSR count). The highest BCUT2D eigenvalue weighted by Crippen LogP contribution is 2.46. The summed E-state index contributed by atoms with van der Waals surface area (Å²) in [6.07, 6.45) is 4.35. The number of nitrogens with zero attached hydrogens (tertiary/aromatic N) is 1. The lowest BCUT2D eigenvalue weighted by atomic mass is 10.0. The van der Waals surface area contributed by atoms with Crippen LogP contribution in [0.5, 0.6) is 28.7 Å². The predicted molar refractivity (Wildman–Crippen MR) is 121 cm³/mol. The first-order valence-electron chi connectivity index (χ1n) is 9.93. The summed E-state index contributed by atoms with van der Waals surface area (Å²) >= 11 is 0. The molecule has 0 aliphatic rings. The molecule has 0 unspecified atom stereocenters. The van der Waals surface area contributed by atoms with Crippen LogP contribution in [-0.4, -0.2) is 64.4 Å². The van der Waals surface area contributed by atoms with Gasteiger partial charge in [-0.3, -0.25) is 4.79 Å². The van der Waals surface area contributed by atoms with Crippen molar-refractivity contribution in [2.45, 2.75) is 0 Å². The number of para-hydroxylation sites is 1. The molecule has 0 aliphatic carbocycles. The van der Waals surface area contributed by atoms with Crippen molar-refractivity contribution in [2.75, 3.05) is 48.6 Å². The van der Waals surface area contributed by atoms with Gasteiger partial charge in [0.1, 0.15) is 17.9 Å². The molecule has 0 atom stereocenters. The molecule has 0 spiro atoms. The smallest absolute Gasteiger partial charge is 0.205 e. The average Bonchev–Trinajstić information content (AvgIpc) is 3.26. The molecule has 0 bridgehead atoms. The molecule has 1 N–H and O–H groups in total. The zero-order valence-electron chi connectivity index (χ0n) is 18.8. The number of carbonyl (C=O) groups is 1. The summed E-state index contributed by atoms with van der Waals surface area (Å²) in [5, 5.41) is 10.9. The predicted octanol–water partition coefficient (Wildman–Crippen LogP) is 4.00. The van der Waals surface area contributed by atoms with Crippen LogP contribution in [0.3, 0.4) is 0 Å². The minimum atomic E-state index is -0.384. The van der Waals surface area contributed by atoms with Gasteiger partial charge < -0.3 is 33.4 Å². The molecule has 8 heteroatoms. The monoisotopic (exact) mass is 441 g/mol. The number of ketones is 1. The summed E-state index contributed by atoms with van der Waals surface area (Å²) in [6.45, 7) is 0.947. The molecule has 3 aromatic rings. The Kier molecular flexibility index (Phi) is 7.27. The van der Waals surface area contributed by atoms with Crippen LogP contribution < -0.4 is 18.9 Å². The Bertz CT molecular complexity index is 1130. The van der Waals surface area contributed by atoms with Crippen LogP contribution in [-0.2, 0) is 0 Å². The number of furan rings is 1. The number of likely N-dealkylation sites (N-methyl/N-ethyl adjacent to an activating group) is 1. The summed E-state index contributed by atoms with van der Waals surface area (Å²) in [6, 6.07) is 6.73. The number of benzene rings is 2. The fourth-order valence-corrected chi connectivity index (χ4v) is 3.29. The highest BCUT2D eigenvalue weighted by Gasteiger charge is 2.28. The zero-order chi connectivity index (χ0) is 23.3. The largest absolute Gasteiger partial charge is 0.504 e. The number of aromatic hydroxyl groups is 1. The van der Waals surface area contributed by atoms with E-state index in [0.717, 1.165) is 0 Å². The van der Waals surface area contributed by atoms with Crippen molar-refractivity contribution in [1.29, 1.82) is 0 Å². The second kappa shape index (κ2) is 10.1. The average molecular weight is 441 g/mol. The number of rotatable bonds is 10. The first-order chi connectivity index (χ1) is 15.4. The molecule has 170 valence electrons. The molecule has 0 fully saturated rings. The van der Waals surface area contributed by atoms with E-state index in [2.05, 4.69) is 0 Å². The third kappa shape index (κ3) is 4.50. The van der Waals surface area contributed by atoms with Crippen molar-refractivity contribution in [3.05, 3.63) is 47.7 Å². The van der Waals surface area contributed by atoms with Gasteiger partial charge in [0.2, 0.25) is 5.75 Å². The van der Waals surface area contributed by atoms with E-state index in [1.165, 1.54) is 39.7 Å². The molecule has 32 heavy (non-hydrogen) atoms. The molecule has 0 saturated heterocycles. The molecule has 1 aromatic heterocycles. The van der Waals surface area contributed by atoms with Crippen molar-refractivity contribution in [3.63, 3.8) is 0 Å². The maximum absolute atomic E-state index is 13.4. The van der Waals surface area contributed by atoms with E-state index >= 15 is 0 Å². The van der Waals surface area contributed by atoms with Crippen molar-refractivity contribution in [1.82, 2.24) is 4.90 Å². The number of ether oxygens (including phenoxy) is 4. The number of hydrogen-bond acceptors (Lipinski definition) is 8. The van der Waals surface area contributed by atoms with Crippen molar-refractivity contribution in [3.8, 4) is 28.7 Å². The standard InChI is InChI=1S/C24H27NO7/c1-25(2)12-14-32-23-19(21(29-4)16-11-13-31-22(16)24(23)30-5)17(26)10-9-15-7-6-8-18(28-3)20(15)27/h6-11,13,27H,12,14H2,1-5H3/b10-9+. The Morgan fingerprint density at radius 2 is 1.81 bits per heavy atom. The van der Waals surface area contributed by atoms with Gasteiger partial charge in [0.15, 0.2) is 28.6 Å². The number of methoxy groups -OCH3 is 3. The van der Waals surface area contributed by atoms with Gasteiger partial charge in [-0.25, -0.2) is 0 Å². The van der Waals surface area contributed by atoms with E-state index in [0.29, 0.717) is 46.9 Å². The van der Waals surface area contributed by atoms with Gasteiger partial charge in [0.05, 0.1) is 33.0 Å². The van der Waals surface area contributed by atoms with Gasteiger partial charge in [-0.1, -0.05) is 12.1 Å². The Hall–Kier alpha value is -3.65. The van der Waals surface area contributed by atoms with E-state index in [1.807, 2.05) is 19.0 Å². The molecule has 8 nitrogen and oxygen atoms in total. The lowest BCUT2D eigenvalue weighted by Gasteiger charge is -2.18. The van der Waals surface area contributed by atoms with E-state index in [-0.39, 0.29) is 22.8 Å². The number of hydrogen-bond donors (Lipinski definition) is 1. The van der Waals surface area contributed by atoms with Crippen molar-refractivity contribution < 1.29 is 33.3 Å². The highest BCUT2D eigenvalue weighted by atomic mass is 16.5. The molecular formula is C24H27NO7. The van der Waals surface area contributed by atoms with Crippen LogP contribution in [0.1, 0.15) is 15.9 Å². The Balaban J connectivity index is 2.11. The van der Waals surface area contributed by atoms with E-state index < -0.39 is 0 Å². The zero-order valence-corrected chi connectivity index (χ0v) is 18.8. The first-order valence-corrected chi connectivity index (χ1v) is 9.93. The summed E-state index contributed by atoms with van der Waals surface area (Å²) in [4.78, 5) is 15.3. The Morgan fingerprint density at radius 3 is 2.47 bits per heavy atom. The fourth-order valence-electron chi connectivity index (χ4n) is 3.29. The number of phenols is 1. The third-order valence-corrected chi connectivity index (χ3v) is 4.88. The van der Waals surface area contributed by atoms with Crippen LogP contribution in [0.2, 0.25) is 0 Å². The third-order valence-electron chi connectivity index (χ3n) is 4.88. The number of phenolic OH excluding ortho intramolecular Hbond substituents is 1.